The number of nitrogens with one attached hydrogen (secondary N) is 1. The van der Waals surface area contributed by atoms with Gasteiger partial charge in [0.05, 0.1) is 16.9 Å². The van der Waals surface area contributed by atoms with Gasteiger partial charge in [-0.05, 0) is 26.2 Å². The van der Waals surface area contributed by atoms with E-state index in [0.717, 1.165) is 6.42 Å². The summed E-state index contributed by atoms with van der Waals surface area (Å²) < 4.78 is 0. The van der Waals surface area contributed by atoms with Crippen LogP contribution in [-0.2, 0) is 4.79 Å². The highest BCUT2D eigenvalue weighted by molar-refractivity contribution is 5.70. The zero-order chi connectivity index (χ0) is 14.0. The van der Waals surface area contributed by atoms with Gasteiger partial charge in [0.2, 0.25) is 0 Å². The number of aryl methyl sites for hydroxylation is 1. The third kappa shape index (κ3) is 2.98. The Morgan fingerprint density at radius 2 is 2.32 bits per heavy atom. The van der Waals surface area contributed by atoms with Gasteiger partial charge in [-0.15, -0.1) is 0 Å². The van der Waals surface area contributed by atoms with Gasteiger partial charge >= 0.3 is 5.97 Å². The highest BCUT2D eigenvalue weighted by Crippen LogP contribution is 2.29. The number of carbonyl (C=O) groups is 1. The van der Waals surface area contributed by atoms with Gasteiger partial charge < -0.3 is 10.4 Å². The van der Waals surface area contributed by atoms with Crippen LogP contribution in [0.25, 0.3) is 0 Å². The fourth-order valence-electron chi connectivity index (χ4n) is 2.33. The van der Waals surface area contributed by atoms with Gasteiger partial charge in [-0.3, -0.25) is 14.9 Å². The van der Waals surface area contributed by atoms with Crippen LogP contribution >= 0.6 is 0 Å². The minimum atomic E-state index is -0.785. The van der Waals surface area contributed by atoms with E-state index >= 15 is 0 Å². The first-order valence-electron chi connectivity index (χ1n) is 6.07. The van der Waals surface area contributed by atoms with Crippen LogP contribution in [0, 0.1) is 23.0 Å². The van der Waals surface area contributed by atoms with Crippen molar-refractivity contribution in [3.05, 3.63) is 27.9 Å². The number of carboxylic acid groups (broad SMARTS) is 1. The zero-order valence-corrected chi connectivity index (χ0v) is 10.5. The lowest BCUT2D eigenvalue weighted by Crippen LogP contribution is -2.18. The third-order valence-corrected chi connectivity index (χ3v) is 3.41. The summed E-state index contributed by atoms with van der Waals surface area (Å²) in [6.07, 6.45) is 3.34. The van der Waals surface area contributed by atoms with Crippen LogP contribution in [0.5, 0.6) is 0 Å². The highest BCUT2D eigenvalue weighted by Gasteiger charge is 2.30. The molecule has 0 aliphatic heterocycles. The Balaban J connectivity index is 2.06. The smallest absolute Gasteiger partial charge is 0.306 e. The van der Waals surface area contributed by atoms with E-state index in [1.807, 2.05) is 0 Å². The van der Waals surface area contributed by atoms with Crippen LogP contribution < -0.4 is 5.32 Å². The molecule has 7 nitrogen and oxygen atoms in total. The van der Waals surface area contributed by atoms with E-state index in [0.29, 0.717) is 24.2 Å². The summed E-state index contributed by atoms with van der Waals surface area (Å²) in [6.45, 7) is 1.63. The second-order valence-electron chi connectivity index (χ2n) is 4.80. The molecule has 0 amide bonds. The van der Waals surface area contributed by atoms with Gasteiger partial charge in [-0.2, -0.15) is 0 Å². The van der Waals surface area contributed by atoms with Gasteiger partial charge in [-0.25, -0.2) is 4.98 Å². The lowest BCUT2D eigenvalue weighted by Gasteiger charge is -2.13. The van der Waals surface area contributed by atoms with Crippen LogP contribution in [0.15, 0.2) is 12.3 Å². The molecule has 2 N–H and O–H groups in total. The maximum absolute atomic E-state index is 10.9. The van der Waals surface area contributed by atoms with E-state index in [-0.39, 0.29) is 17.6 Å². The van der Waals surface area contributed by atoms with Crippen molar-refractivity contribution in [3.63, 3.8) is 0 Å². The van der Waals surface area contributed by atoms with Gasteiger partial charge in [-0.1, -0.05) is 0 Å². The SMILES string of the molecule is Cc1cnc(NC2CCC(C(=O)O)C2)cc1[N+](=O)[O-]. The molecule has 1 aliphatic carbocycles. The molecule has 1 aliphatic rings. The van der Waals surface area contributed by atoms with E-state index in [1.54, 1.807) is 6.92 Å². The molecule has 19 heavy (non-hydrogen) atoms. The number of nitrogens with zero attached hydrogens (tertiary/aromatic N) is 2. The molecule has 0 radical (unpaired) electrons. The van der Waals surface area contributed by atoms with Gasteiger partial charge in [0, 0.05) is 17.8 Å². The summed E-state index contributed by atoms with van der Waals surface area (Å²) in [6, 6.07) is 1.40. The average molecular weight is 265 g/mol. The molecule has 1 fully saturated rings. The molecule has 1 saturated carbocycles. The van der Waals surface area contributed by atoms with Gasteiger partial charge in [0.25, 0.3) is 5.69 Å². The Bertz CT molecular complexity index is 518. The molecular weight excluding hydrogens is 250 g/mol. The van der Waals surface area contributed by atoms with Crippen LogP contribution in [0.1, 0.15) is 24.8 Å². The van der Waals surface area contributed by atoms with Crippen molar-refractivity contribution in [1.82, 2.24) is 4.98 Å². The predicted molar refractivity (Wildman–Crippen MR) is 68.0 cm³/mol. The summed E-state index contributed by atoms with van der Waals surface area (Å²) in [7, 11) is 0. The fourth-order valence-corrected chi connectivity index (χ4v) is 2.33. The Morgan fingerprint density at radius 1 is 1.58 bits per heavy atom. The van der Waals surface area contributed by atoms with Crippen molar-refractivity contribution < 1.29 is 14.8 Å². The van der Waals surface area contributed by atoms with Gasteiger partial charge in [0.1, 0.15) is 5.82 Å². The van der Waals surface area contributed by atoms with Crippen LogP contribution in [0.4, 0.5) is 11.5 Å². The first-order chi connectivity index (χ1) is 8.97. The maximum Gasteiger partial charge on any atom is 0.306 e. The minimum Gasteiger partial charge on any atom is -0.481 e. The Kier molecular flexibility index (Phi) is 3.64. The fraction of sp³-hybridized carbons (Fsp3) is 0.500. The lowest BCUT2D eigenvalue weighted by molar-refractivity contribution is -0.385. The Morgan fingerprint density at radius 3 is 2.89 bits per heavy atom. The number of anilines is 1. The second kappa shape index (κ2) is 5.21. The summed E-state index contributed by atoms with van der Waals surface area (Å²) in [5.41, 5.74) is 0.524. The number of rotatable bonds is 4. The topological polar surface area (TPSA) is 105 Å². The first-order valence-corrected chi connectivity index (χ1v) is 6.07. The van der Waals surface area contributed by atoms with E-state index in [1.165, 1.54) is 12.3 Å². The summed E-state index contributed by atoms with van der Waals surface area (Å²) >= 11 is 0. The number of hydrogen-bond donors (Lipinski definition) is 2. The number of nitro groups is 1. The highest BCUT2D eigenvalue weighted by atomic mass is 16.6. The molecule has 1 aromatic rings. The second-order valence-corrected chi connectivity index (χ2v) is 4.80. The summed E-state index contributed by atoms with van der Waals surface area (Å²) in [4.78, 5) is 25.3. The van der Waals surface area contributed by atoms with Crippen molar-refractivity contribution in [2.24, 2.45) is 5.92 Å². The van der Waals surface area contributed by atoms with Crippen molar-refractivity contribution >= 4 is 17.5 Å². The molecule has 0 aromatic carbocycles. The molecule has 1 aromatic heterocycles. The first kappa shape index (κ1) is 13.3. The number of aromatic nitrogens is 1. The summed E-state index contributed by atoms with van der Waals surface area (Å²) in [5.74, 6) is -0.696. The number of aliphatic carboxylic acids is 1. The van der Waals surface area contributed by atoms with E-state index in [4.69, 9.17) is 5.11 Å². The predicted octanol–water partition coefficient (Wildman–Crippen LogP) is 1.96. The molecule has 2 atom stereocenters. The van der Waals surface area contributed by atoms with Crippen molar-refractivity contribution in [3.8, 4) is 0 Å². The van der Waals surface area contributed by atoms with Crippen molar-refractivity contribution in [2.75, 3.05) is 5.32 Å². The molecule has 102 valence electrons. The summed E-state index contributed by atoms with van der Waals surface area (Å²) in [5, 5.41) is 22.8. The van der Waals surface area contributed by atoms with Gasteiger partial charge in [0.15, 0.2) is 0 Å². The number of hydrogen-bond acceptors (Lipinski definition) is 5. The molecule has 0 saturated heterocycles. The Hall–Kier alpha value is -2.18. The Labute approximate surface area is 109 Å². The molecule has 1 heterocycles. The van der Waals surface area contributed by atoms with E-state index in [2.05, 4.69) is 10.3 Å². The minimum absolute atomic E-state index is 0.0101. The van der Waals surface area contributed by atoms with Crippen LogP contribution in [0.2, 0.25) is 0 Å². The quantitative estimate of drug-likeness (QED) is 0.636. The molecule has 0 spiro atoms. The number of pyridine rings is 1. The van der Waals surface area contributed by atoms with Crippen LogP contribution in [0.3, 0.4) is 0 Å². The van der Waals surface area contributed by atoms with Crippen molar-refractivity contribution in [2.45, 2.75) is 32.2 Å². The third-order valence-electron chi connectivity index (χ3n) is 3.41. The monoisotopic (exact) mass is 265 g/mol. The van der Waals surface area contributed by atoms with E-state index in [9.17, 15) is 14.9 Å². The maximum atomic E-state index is 10.9. The molecule has 2 unspecified atom stereocenters. The van der Waals surface area contributed by atoms with E-state index < -0.39 is 10.9 Å². The lowest BCUT2D eigenvalue weighted by atomic mass is 10.1. The normalized spacial score (nSPS) is 22.2. The van der Waals surface area contributed by atoms with Crippen LogP contribution in [-0.4, -0.2) is 27.0 Å². The number of carboxylic acids is 1. The molecule has 2 rings (SSSR count). The molecular formula is C12H15N3O4. The molecule has 0 bridgehead atoms. The standard InChI is InChI=1S/C12H15N3O4/c1-7-6-13-11(5-10(7)15(18)19)14-9-3-2-8(4-9)12(16)17/h5-6,8-9H,2-4H2,1H3,(H,13,14)(H,16,17). The largest absolute Gasteiger partial charge is 0.481 e. The zero-order valence-electron chi connectivity index (χ0n) is 10.5. The molecule has 7 heteroatoms. The average Bonchev–Trinajstić information content (AvgIpc) is 2.80. The van der Waals surface area contributed by atoms with Crippen molar-refractivity contribution in [1.29, 1.82) is 0 Å².